The number of benzene rings is 2. The highest BCUT2D eigenvalue weighted by Crippen LogP contribution is 2.35. The van der Waals surface area contributed by atoms with Crippen LogP contribution in [0.4, 0.5) is 5.95 Å². The van der Waals surface area contributed by atoms with Gasteiger partial charge in [0.15, 0.2) is 5.75 Å². The maximum Gasteiger partial charge on any atom is 0.268 e. The van der Waals surface area contributed by atoms with Crippen LogP contribution in [0.5, 0.6) is 11.5 Å². The van der Waals surface area contributed by atoms with Crippen molar-refractivity contribution >= 4 is 47.0 Å². The highest BCUT2D eigenvalue weighted by Gasteiger charge is 2.09. The largest absolute Gasteiger partial charge is 0.490 e. The highest BCUT2D eigenvalue weighted by molar-refractivity contribution is 6.40. The van der Waals surface area contributed by atoms with Gasteiger partial charge in [-0.3, -0.25) is 5.10 Å². The van der Waals surface area contributed by atoms with Gasteiger partial charge in [0.25, 0.3) is 5.95 Å². The zero-order valence-corrected chi connectivity index (χ0v) is 18.7. The van der Waals surface area contributed by atoms with Crippen molar-refractivity contribution in [1.82, 2.24) is 29.9 Å². The van der Waals surface area contributed by atoms with Crippen molar-refractivity contribution in [2.45, 2.75) is 6.54 Å². The third-order valence-corrected chi connectivity index (χ3v) is 4.85. The number of rotatable bonds is 9. The first-order chi connectivity index (χ1) is 15.6. The normalized spacial score (nSPS) is 11.2. The number of hydrogen-bond donors (Lipinski definition) is 1. The second kappa shape index (κ2) is 10.4. The van der Waals surface area contributed by atoms with E-state index in [-0.39, 0.29) is 6.61 Å². The molecule has 0 unspecified atom stereocenters. The van der Waals surface area contributed by atoms with Crippen molar-refractivity contribution in [3.05, 3.63) is 75.5 Å². The summed E-state index contributed by atoms with van der Waals surface area (Å²) in [6.07, 6.45) is 4.73. The van der Waals surface area contributed by atoms with E-state index >= 15 is 0 Å². The molecule has 0 aliphatic heterocycles. The average molecular weight is 493 g/mol. The number of aliphatic imine (C=N–C) groups is 1. The van der Waals surface area contributed by atoms with Crippen LogP contribution in [0.1, 0.15) is 11.4 Å². The first kappa shape index (κ1) is 22.1. The molecule has 0 fully saturated rings. The number of nitrogens with one attached hydrogen (secondary N) is 1. The molecule has 4 aromatic rings. The molecule has 4 rings (SSSR count). The Morgan fingerprint density at radius 2 is 1.78 bits per heavy atom. The molecule has 2 aromatic heterocycles. The summed E-state index contributed by atoms with van der Waals surface area (Å²) >= 11 is 18.1. The predicted octanol–water partition coefficient (Wildman–Crippen LogP) is 4.61. The number of aromatic nitrogens is 6. The second-order valence-electron chi connectivity index (χ2n) is 6.40. The molecule has 2 heterocycles. The monoisotopic (exact) mass is 491 g/mol. The van der Waals surface area contributed by atoms with Gasteiger partial charge in [-0.2, -0.15) is 10.1 Å². The van der Waals surface area contributed by atoms with Crippen LogP contribution < -0.4 is 9.47 Å². The molecule has 0 aliphatic rings. The van der Waals surface area contributed by atoms with Crippen molar-refractivity contribution < 1.29 is 9.47 Å². The molecule has 0 spiro atoms. The van der Waals surface area contributed by atoms with Gasteiger partial charge in [0.05, 0.1) is 10.0 Å². The van der Waals surface area contributed by atoms with E-state index in [1.54, 1.807) is 29.4 Å². The summed E-state index contributed by atoms with van der Waals surface area (Å²) in [5, 5.41) is 12.0. The predicted molar refractivity (Wildman–Crippen MR) is 122 cm³/mol. The quantitative estimate of drug-likeness (QED) is 0.270. The van der Waals surface area contributed by atoms with Crippen molar-refractivity contribution in [3.63, 3.8) is 0 Å². The molecule has 2 aromatic carbocycles. The van der Waals surface area contributed by atoms with Gasteiger partial charge in [-0.15, -0.1) is 5.10 Å². The lowest BCUT2D eigenvalue weighted by Crippen LogP contribution is -2.09. The molecule has 32 heavy (non-hydrogen) atoms. The number of halogens is 3. The molecule has 0 amide bonds. The van der Waals surface area contributed by atoms with Gasteiger partial charge in [-0.1, -0.05) is 34.8 Å². The Kier molecular flexibility index (Phi) is 7.21. The number of ether oxygens (including phenoxy) is 2. The fourth-order valence-electron chi connectivity index (χ4n) is 2.63. The van der Waals surface area contributed by atoms with E-state index in [0.29, 0.717) is 51.5 Å². The van der Waals surface area contributed by atoms with E-state index in [4.69, 9.17) is 44.3 Å². The Hall–Kier alpha value is -3.14. The van der Waals surface area contributed by atoms with Crippen LogP contribution >= 0.6 is 34.8 Å². The number of nitrogens with zero attached hydrogens (tertiary/aromatic N) is 6. The first-order valence-corrected chi connectivity index (χ1v) is 10.5. The van der Waals surface area contributed by atoms with E-state index in [0.717, 1.165) is 5.56 Å². The summed E-state index contributed by atoms with van der Waals surface area (Å²) < 4.78 is 12.9. The van der Waals surface area contributed by atoms with Gasteiger partial charge in [-0.05, 0) is 42.0 Å². The summed E-state index contributed by atoms with van der Waals surface area (Å²) in [7, 11) is 0. The summed E-state index contributed by atoms with van der Waals surface area (Å²) in [5.41, 5.74) is 0.871. The molecule has 9 nitrogen and oxygen atoms in total. The Balaban J connectivity index is 1.25. The van der Waals surface area contributed by atoms with Gasteiger partial charge in [0.2, 0.25) is 0 Å². The SMILES string of the molecule is Clc1cc(Cl)c(OCCOc2ccc(C=Nc3n[nH]c(Cn4cncn4)n3)cc2)c(Cl)c1. The van der Waals surface area contributed by atoms with Crippen molar-refractivity contribution in [2.24, 2.45) is 4.99 Å². The minimum atomic E-state index is 0.270. The summed E-state index contributed by atoms with van der Waals surface area (Å²) in [6.45, 7) is 1.02. The van der Waals surface area contributed by atoms with Crippen LogP contribution in [0.3, 0.4) is 0 Å². The van der Waals surface area contributed by atoms with Gasteiger partial charge in [0.1, 0.15) is 44.0 Å². The molecule has 0 atom stereocenters. The van der Waals surface area contributed by atoms with Crippen molar-refractivity contribution in [3.8, 4) is 11.5 Å². The number of H-pyrrole nitrogens is 1. The Bertz CT molecular complexity index is 1170. The zero-order valence-electron chi connectivity index (χ0n) is 16.5. The van der Waals surface area contributed by atoms with E-state index in [1.165, 1.54) is 6.33 Å². The van der Waals surface area contributed by atoms with E-state index < -0.39 is 0 Å². The lowest BCUT2D eigenvalue weighted by molar-refractivity contribution is 0.217. The van der Waals surface area contributed by atoms with Crippen LogP contribution in [-0.4, -0.2) is 49.4 Å². The van der Waals surface area contributed by atoms with Crippen molar-refractivity contribution in [2.75, 3.05) is 13.2 Å². The molecular formula is C20H16Cl3N7O2. The van der Waals surface area contributed by atoms with E-state index in [9.17, 15) is 0 Å². The molecule has 1 N–H and O–H groups in total. The topological polar surface area (TPSA) is 103 Å². The van der Waals surface area contributed by atoms with Crippen LogP contribution in [0.15, 0.2) is 54.0 Å². The van der Waals surface area contributed by atoms with Crippen LogP contribution in [-0.2, 0) is 6.54 Å². The fraction of sp³-hybridized carbons (Fsp3) is 0.150. The second-order valence-corrected chi connectivity index (χ2v) is 7.65. The first-order valence-electron chi connectivity index (χ1n) is 9.35. The third kappa shape index (κ3) is 5.97. The molecular weight excluding hydrogens is 477 g/mol. The molecule has 0 aliphatic carbocycles. The van der Waals surface area contributed by atoms with E-state index in [1.807, 2.05) is 24.3 Å². The lowest BCUT2D eigenvalue weighted by atomic mass is 10.2. The number of hydrogen-bond acceptors (Lipinski definition) is 7. The molecule has 0 saturated carbocycles. The smallest absolute Gasteiger partial charge is 0.268 e. The van der Waals surface area contributed by atoms with Gasteiger partial charge >= 0.3 is 0 Å². The average Bonchev–Trinajstić information content (AvgIpc) is 3.44. The molecule has 12 heteroatoms. The van der Waals surface area contributed by atoms with Gasteiger partial charge in [0, 0.05) is 11.2 Å². The molecule has 164 valence electrons. The minimum absolute atomic E-state index is 0.270. The zero-order chi connectivity index (χ0) is 22.3. The highest BCUT2D eigenvalue weighted by atomic mass is 35.5. The van der Waals surface area contributed by atoms with Crippen molar-refractivity contribution in [1.29, 1.82) is 0 Å². The third-order valence-electron chi connectivity index (χ3n) is 4.07. The summed E-state index contributed by atoms with van der Waals surface area (Å²) in [5.74, 6) is 2.03. The summed E-state index contributed by atoms with van der Waals surface area (Å²) in [6, 6.07) is 10.5. The molecule has 0 bridgehead atoms. The molecule has 0 radical (unpaired) electrons. The fourth-order valence-corrected chi connectivity index (χ4v) is 3.56. The van der Waals surface area contributed by atoms with Gasteiger partial charge < -0.3 is 9.47 Å². The van der Waals surface area contributed by atoms with E-state index in [2.05, 4.69) is 30.3 Å². The molecule has 0 saturated heterocycles. The van der Waals surface area contributed by atoms with Crippen LogP contribution in [0, 0.1) is 0 Å². The standard InChI is InChI=1S/C20H16Cl3N7O2/c21-14-7-16(22)19(17(23)8-14)32-6-5-31-15-3-1-13(2-4-15)9-25-20-27-18(28-29-20)10-30-12-24-11-26-30/h1-4,7-9,11-12H,5-6,10H2,(H,27,28,29). The summed E-state index contributed by atoms with van der Waals surface area (Å²) in [4.78, 5) is 12.4. The Morgan fingerprint density at radius 3 is 2.50 bits per heavy atom. The number of aromatic amines is 1. The maximum absolute atomic E-state index is 6.09. The lowest BCUT2D eigenvalue weighted by Gasteiger charge is -2.11. The van der Waals surface area contributed by atoms with Crippen LogP contribution in [0.2, 0.25) is 15.1 Å². The minimum Gasteiger partial charge on any atom is -0.490 e. The Labute approximate surface area is 198 Å². The maximum atomic E-state index is 6.09. The van der Waals surface area contributed by atoms with Crippen LogP contribution in [0.25, 0.3) is 0 Å². The van der Waals surface area contributed by atoms with Gasteiger partial charge in [-0.25, -0.2) is 14.7 Å². The Morgan fingerprint density at radius 1 is 1.03 bits per heavy atom.